The molecule has 7 rings (SSSR count). The fourth-order valence-corrected chi connectivity index (χ4v) is 10.6. The summed E-state index contributed by atoms with van der Waals surface area (Å²) in [7, 11) is 0. The van der Waals surface area contributed by atoms with Crippen molar-refractivity contribution >= 4 is 40.9 Å². The second-order valence-corrected chi connectivity index (χ2v) is 12.5. The molecular weight excluding hydrogens is 508 g/mol. The normalized spacial score (nSPS) is 31.4. The van der Waals surface area contributed by atoms with Crippen molar-refractivity contribution < 1.29 is 19.5 Å². The van der Waals surface area contributed by atoms with E-state index in [0.717, 1.165) is 27.6 Å². The molecule has 2 aromatic carbocycles. The van der Waals surface area contributed by atoms with Crippen LogP contribution in [-0.4, -0.2) is 39.0 Å². The number of carbonyl (C=O) groups is 3. The van der Waals surface area contributed by atoms with Crippen LogP contribution in [0.3, 0.4) is 0 Å². The number of benzene rings is 2. The maximum atomic E-state index is 13.4. The Bertz CT molecular complexity index is 1480. The lowest BCUT2D eigenvalue weighted by atomic mass is 9.68. The lowest BCUT2D eigenvalue weighted by Crippen LogP contribution is -2.43. The fraction of sp³-hybridized carbons (Fsp3) is 0.357. The number of aromatic nitrogens is 1. The van der Waals surface area contributed by atoms with Gasteiger partial charge in [0.25, 0.3) is 0 Å². The molecule has 2 aliphatic heterocycles. The Kier molecular flexibility index (Phi) is 5.23. The number of hydrogen-bond acceptors (Lipinski definition) is 7. The van der Waals surface area contributed by atoms with Crippen LogP contribution in [0.5, 0.6) is 0 Å². The van der Waals surface area contributed by atoms with Crippen molar-refractivity contribution in [3.8, 4) is 5.69 Å². The molecular formula is C28H23N2O5S2-. The van der Waals surface area contributed by atoms with Gasteiger partial charge in [-0.3, -0.25) is 23.9 Å². The van der Waals surface area contributed by atoms with E-state index in [1.165, 1.54) is 16.2 Å². The summed E-state index contributed by atoms with van der Waals surface area (Å²) in [6, 6.07) is 19.8. The molecule has 37 heavy (non-hydrogen) atoms. The summed E-state index contributed by atoms with van der Waals surface area (Å²) >= 11 is 2.97. The largest absolute Gasteiger partial charge is 0.550 e. The molecule has 2 amide bonds. The van der Waals surface area contributed by atoms with Crippen LogP contribution < -0.4 is 9.98 Å². The first-order valence-electron chi connectivity index (χ1n) is 12.5. The Labute approximate surface area is 221 Å². The third-order valence-electron chi connectivity index (χ3n) is 8.67. The molecule has 0 spiro atoms. The topological polar surface area (TPSA) is 99.5 Å². The number of aliphatic carboxylic acids is 1. The first-order chi connectivity index (χ1) is 18.0. The highest BCUT2D eigenvalue weighted by Gasteiger charge is 2.69. The van der Waals surface area contributed by atoms with Crippen molar-refractivity contribution in [3.05, 3.63) is 80.8 Å². The number of hydrogen-bond donors (Lipinski definition) is 0. The number of thiazole rings is 1. The van der Waals surface area contributed by atoms with Crippen LogP contribution in [-0.2, 0) is 14.4 Å². The van der Waals surface area contributed by atoms with E-state index in [0.29, 0.717) is 0 Å². The van der Waals surface area contributed by atoms with Crippen LogP contribution >= 0.6 is 23.1 Å². The number of carboxylic acid groups (broad SMARTS) is 1. The lowest BCUT2D eigenvalue weighted by Gasteiger charge is -2.43. The summed E-state index contributed by atoms with van der Waals surface area (Å²) < 4.78 is 1.80. The quantitative estimate of drug-likeness (QED) is 0.469. The number of amides is 2. The summed E-state index contributed by atoms with van der Waals surface area (Å²) in [5.41, 5.74) is 1.94. The molecule has 2 aliphatic carbocycles. The lowest BCUT2D eigenvalue weighted by molar-refractivity contribution is -0.305. The number of imide groups is 1. The van der Waals surface area contributed by atoms with Gasteiger partial charge in [-0.15, -0.1) is 11.8 Å². The molecule has 0 unspecified atom stereocenters. The monoisotopic (exact) mass is 531 g/mol. The molecule has 3 heterocycles. The van der Waals surface area contributed by atoms with E-state index in [-0.39, 0.29) is 58.6 Å². The number of likely N-dealkylation sites (tertiary alicyclic amines) is 1. The van der Waals surface area contributed by atoms with Crippen LogP contribution in [0, 0.1) is 29.6 Å². The molecule has 4 aliphatic rings. The maximum Gasteiger partial charge on any atom is 0.312 e. The Morgan fingerprint density at radius 1 is 0.919 bits per heavy atom. The number of carbonyl (C=O) groups excluding carboxylic acids is 3. The van der Waals surface area contributed by atoms with E-state index in [1.807, 2.05) is 48.5 Å². The highest BCUT2D eigenvalue weighted by atomic mass is 32.2. The summed E-state index contributed by atoms with van der Waals surface area (Å²) in [6.07, 6.45) is 0.457. The molecule has 3 aromatic rings. The van der Waals surface area contributed by atoms with Gasteiger partial charge in [0, 0.05) is 35.0 Å². The van der Waals surface area contributed by atoms with Crippen LogP contribution in [0.2, 0.25) is 0 Å². The van der Waals surface area contributed by atoms with Crippen molar-refractivity contribution in [1.82, 2.24) is 9.47 Å². The Morgan fingerprint density at radius 3 is 2.24 bits per heavy atom. The summed E-state index contributed by atoms with van der Waals surface area (Å²) in [5.74, 6) is -2.48. The molecule has 9 heteroatoms. The molecule has 7 nitrogen and oxygen atoms in total. The van der Waals surface area contributed by atoms with E-state index in [4.69, 9.17) is 0 Å². The SMILES string of the molecule is O=C([O-])CCN1C(=O)[C@@H]2[C@@H]3C[C@H]([C@@H]2C1=O)[C@@H]1[C@@H](c2ccccc2)c2sc(=O)n(-c4ccccc4)c2S[C@H]31. The minimum absolute atomic E-state index is 0.00740. The number of carboxylic acids is 1. The van der Waals surface area contributed by atoms with Gasteiger partial charge in [0.05, 0.1) is 22.5 Å². The van der Waals surface area contributed by atoms with E-state index >= 15 is 0 Å². The Balaban J connectivity index is 1.35. The number of nitrogens with zero attached hydrogens (tertiary/aromatic N) is 2. The van der Waals surface area contributed by atoms with Crippen molar-refractivity contribution in [3.63, 3.8) is 0 Å². The predicted octanol–water partition coefficient (Wildman–Crippen LogP) is 2.51. The Morgan fingerprint density at radius 2 is 1.57 bits per heavy atom. The van der Waals surface area contributed by atoms with E-state index in [2.05, 4.69) is 12.1 Å². The number of fused-ring (bicyclic) bond motifs is 9. The van der Waals surface area contributed by atoms with Crippen LogP contribution in [0.25, 0.3) is 5.69 Å². The molecule has 2 bridgehead atoms. The van der Waals surface area contributed by atoms with Crippen LogP contribution in [0.4, 0.5) is 0 Å². The van der Waals surface area contributed by atoms with Crippen LogP contribution in [0.15, 0.2) is 70.5 Å². The third kappa shape index (κ3) is 3.26. The molecule has 7 atom stereocenters. The zero-order valence-corrected chi connectivity index (χ0v) is 21.3. The minimum atomic E-state index is -1.27. The second-order valence-electron chi connectivity index (χ2n) is 10.3. The average Bonchev–Trinajstić information content (AvgIpc) is 3.62. The predicted molar refractivity (Wildman–Crippen MR) is 136 cm³/mol. The van der Waals surface area contributed by atoms with Gasteiger partial charge in [-0.25, -0.2) is 0 Å². The van der Waals surface area contributed by atoms with Gasteiger partial charge >= 0.3 is 4.87 Å². The maximum absolute atomic E-state index is 13.4. The van der Waals surface area contributed by atoms with Gasteiger partial charge < -0.3 is 9.90 Å². The molecule has 188 valence electrons. The van der Waals surface area contributed by atoms with Crippen molar-refractivity contribution in [2.45, 2.75) is 29.0 Å². The Hall–Kier alpha value is -3.17. The number of thioether (sulfide) groups is 1. The third-order valence-corrected chi connectivity index (χ3v) is 11.4. The van der Waals surface area contributed by atoms with Gasteiger partial charge in [0.15, 0.2) is 0 Å². The first-order valence-corrected chi connectivity index (χ1v) is 14.2. The minimum Gasteiger partial charge on any atom is -0.550 e. The van der Waals surface area contributed by atoms with Crippen molar-refractivity contribution in [2.24, 2.45) is 29.6 Å². The van der Waals surface area contributed by atoms with Crippen molar-refractivity contribution in [1.29, 1.82) is 0 Å². The van der Waals surface area contributed by atoms with Crippen LogP contribution in [0.1, 0.15) is 29.2 Å². The van der Waals surface area contributed by atoms with E-state index in [1.54, 1.807) is 16.3 Å². The molecule has 3 fully saturated rings. The first kappa shape index (κ1) is 23.0. The van der Waals surface area contributed by atoms with Gasteiger partial charge in [-0.05, 0) is 41.9 Å². The van der Waals surface area contributed by atoms with Gasteiger partial charge in [-0.2, -0.15) is 0 Å². The van der Waals surface area contributed by atoms with Gasteiger partial charge in [0.1, 0.15) is 0 Å². The summed E-state index contributed by atoms with van der Waals surface area (Å²) in [4.78, 5) is 53.4. The standard InChI is InChI=1S/C28H24N2O5S2/c31-18(32)11-12-29-25(33)21-16-13-17(22(21)26(29)34)23-20(16)19(14-7-3-1-4-8-14)24-27(36-23)30(28(35)37-24)15-9-5-2-6-10-15/h1-10,16-17,19-23H,11-13H2,(H,31,32)/p-1/t16-,17-,19+,20+,21-,22+,23+/m0/s1. The molecule has 2 saturated carbocycles. The highest BCUT2D eigenvalue weighted by molar-refractivity contribution is 8.00. The van der Waals surface area contributed by atoms with E-state index in [9.17, 15) is 24.3 Å². The fourth-order valence-electron chi connectivity index (χ4n) is 7.39. The summed E-state index contributed by atoms with van der Waals surface area (Å²) in [5, 5.41) is 12.1. The second kappa shape index (κ2) is 8.43. The smallest absolute Gasteiger partial charge is 0.312 e. The molecule has 0 radical (unpaired) electrons. The van der Waals surface area contributed by atoms with Crippen molar-refractivity contribution in [2.75, 3.05) is 6.54 Å². The van der Waals surface area contributed by atoms with Gasteiger partial charge in [0.2, 0.25) is 11.8 Å². The summed E-state index contributed by atoms with van der Waals surface area (Å²) in [6.45, 7) is -0.127. The molecule has 1 saturated heterocycles. The molecule has 1 aromatic heterocycles. The highest BCUT2D eigenvalue weighted by Crippen LogP contribution is 2.68. The molecule has 0 N–H and O–H groups in total. The van der Waals surface area contributed by atoms with Gasteiger partial charge in [-0.1, -0.05) is 59.9 Å². The average molecular weight is 532 g/mol. The zero-order valence-electron chi connectivity index (χ0n) is 19.7. The zero-order chi connectivity index (χ0) is 25.4. The number of rotatable bonds is 5. The number of para-hydroxylation sites is 1. The van der Waals surface area contributed by atoms with E-state index < -0.39 is 17.8 Å².